The highest BCUT2D eigenvalue weighted by Gasteiger charge is 2.32. The highest BCUT2D eigenvalue weighted by Crippen LogP contribution is 2.40. The normalized spacial score (nSPS) is 20.4. The SMILES string of the molecule is Cc1cc(CC(=O)N2CCC[C@H]2CN2CCCC2)c(C=C2C(=O)Nc3cccc(-c4cccc(F)c4)c32)[nH]1. The van der Waals surface area contributed by atoms with E-state index in [0.717, 1.165) is 67.1 Å². The number of rotatable bonds is 6. The third-order valence-corrected chi connectivity index (χ3v) is 8.03. The number of amides is 2. The van der Waals surface area contributed by atoms with E-state index in [9.17, 15) is 14.0 Å². The molecule has 3 aromatic rings. The molecule has 6 rings (SSSR count). The molecule has 2 saturated heterocycles. The first-order valence-electron chi connectivity index (χ1n) is 13.6. The van der Waals surface area contributed by atoms with Gasteiger partial charge in [0.05, 0.1) is 12.0 Å². The van der Waals surface area contributed by atoms with Gasteiger partial charge in [-0.25, -0.2) is 4.39 Å². The summed E-state index contributed by atoms with van der Waals surface area (Å²) in [5.74, 6) is -0.394. The van der Waals surface area contributed by atoms with Crippen molar-refractivity contribution in [3.8, 4) is 11.1 Å². The number of nitrogens with zero attached hydrogens (tertiary/aromatic N) is 2. The Balaban J connectivity index is 1.29. The lowest BCUT2D eigenvalue weighted by molar-refractivity contribution is -0.131. The van der Waals surface area contributed by atoms with E-state index in [1.165, 1.54) is 25.0 Å². The number of H-pyrrole nitrogens is 1. The molecule has 0 saturated carbocycles. The molecule has 0 aliphatic carbocycles. The summed E-state index contributed by atoms with van der Waals surface area (Å²) in [7, 11) is 0. The number of hydrogen-bond donors (Lipinski definition) is 2. The fourth-order valence-corrected chi connectivity index (χ4v) is 6.25. The van der Waals surface area contributed by atoms with Gasteiger partial charge in [0.2, 0.25) is 5.91 Å². The Labute approximate surface area is 222 Å². The Morgan fingerprint density at radius 2 is 1.89 bits per heavy atom. The molecule has 196 valence electrons. The number of aryl methyl sites for hydroxylation is 1. The molecule has 7 heteroatoms. The molecule has 1 aromatic heterocycles. The van der Waals surface area contributed by atoms with Gasteiger partial charge in [0, 0.05) is 41.8 Å². The van der Waals surface area contributed by atoms with Gasteiger partial charge in [-0.2, -0.15) is 0 Å². The molecule has 4 heterocycles. The number of carbonyl (C=O) groups is 2. The largest absolute Gasteiger partial charge is 0.359 e. The van der Waals surface area contributed by atoms with Crippen molar-refractivity contribution in [2.75, 3.05) is 31.5 Å². The van der Waals surface area contributed by atoms with Gasteiger partial charge in [-0.05, 0) is 92.7 Å². The van der Waals surface area contributed by atoms with Crippen LogP contribution in [0.2, 0.25) is 0 Å². The molecule has 0 spiro atoms. The van der Waals surface area contributed by atoms with Crippen LogP contribution in [0.15, 0.2) is 48.5 Å². The quantitative estimate of drug-likeness (QED) is 0.443. The zero-order valence-corrected chi connectivity index (χ0v) is 21.7. The van der Waals surface area contributed by atoms with Gasteiger partial charge < -0.3 is 20.1 Å². The van der Waals surface area contributed by atoms with E-state index >= 15 is 0 Å². The smallest absolute Gasteiger partial charge is 0.256 e. The summed E-state index contributed by atoms with van der Waals surface area (Å²) in [6.07, 6.45) is 6.74. The summed E-state index contributed by atoms with van der Waals surface area (Å²) >= 11 is 0. The van der Waals surface area contributed by atoms with Crippen LogP contribution < -0.4 is 5.32 Å². The van der Waals surface area contributed by atoms with Crippen LogP contribution in [0.4, 0.5) is 10.1 Å². The number of carbonyl (C=O) groups excluding carboxylic acids is 2. The molecule has 3 aliphatic heterocycles. The molecule has 0 radical (unpaired) electrons. The molecular weight excluding hydrogens is 479 g/mol. The van der Waals surface area contributed by atoms with E-state index in [0.29, 0.717) is 23.2 Å². The maximum atomic E-state index is 14.0. The number of anilines is 1. The molecule has 2 amide bonds. The van der Waals surface area contributed by atoms with E-state index in [-0.39, 0.29) is 23.7 Å². The van der Waals surface area contributed by atoms with Crippen LogP contribution >= 0.6 is 0 Å². The molecule has 6 nitrogen and oxygen atoms in total. The summed E-state index contributed by atoms with van der Waals surface area (Å²) in [6.45, 7) is 6.00. The Bertz CT molecular complexity index is 1420. The number of benzene rings is 2. The third-order valence-electron chi connectivity index (χ3n) is 8.03. The van der Waals surface area contributed by atoms with Gasteiger partial charge >= 0.3 is 0 Å². The van der Waals surface area contributed by atoms with E-state index in [1.54, 1.807) is 6.07 Å². The number of aromatic nitrogens is 1. The zero-order valence-electron chi connectivity index (χ0n) is 21.7. The van der Waals surface area contributed by atoms with Crippen LogP contribution in [0, 0.1) is 12.7 Å². The lowest BCUT2D eigenvalue weighted by Crippen LogP contribution is -2.43. The van der Waals surface area contributed by atoms with Crippen molar-refractivity contribution < 1.29 is 14.0 Å². The Morgan fingerprint density at radius 3 is 2.71 bits per heavy atom. The van der Waals surface area contributed by atoms with Crippen LogP contribution in [0.1, 0.15) is 48.2 Å². The van der Waals surface area contributed by atoms with Crippen LogP contribution in [0.25, 0.3) is 22.8 Å². The predicted octanol–water partition coefficient (Wildman–Crippen LogP) is 5.25. The molecule has 2 N–H and O–H groups in total. The summed E-state index contributed by atoms with van der Waals surface area (Å²) in [5.41, 5.74) is 6.03. The third kappa shape index (κ3) is 4.78. The second-order valence-corrected chi connectivity index (χ2v) is 10.7. The van der Waals surface area contributed by atoms with E-state index < -0.39 is 0 Å². The highest BCUT2D eigenvalue weighted by atomic mass is 19.1. The average Bonchev–Trinajstić information content (AvgIpc) is 3.69. The number of nitrogens with one attached hydrogen (secondary N) is 2. The average molecular weight is 513 g/mol. The maximum Gasteiger partial charge on any atom is 0.256 e. The fourth-order valence-electron chi connectivity index (χ4n) is 6.25. The lowest BCUT2D eigenvalue weighted by Gasteiger charge is -2.28. The number of aromatic amines is 1. The fraction of sp³-hybridized carbons (Fsp3) is 0.355. The van der Waals surface area contributed by atoms with E-state index in [1.807, 2.05) is 43.3 Å². The molecule has 0 bridgehead atoms. The standard InChI is InChI=1S/C31H33FN4O2/c1-20-15-22(17-29(37)36-14-6-9-24(36)19-35-12-2-3-13-35)28(33-20)18-26-30-25(21-7-4-8-23(32)16-21)10-5-11-27(30)34-31(26)38/h4-5,7-8,10-11,15-16,18,24,33H,2-3,6,9,12-14,17,19H2,1H3,(H,34,38)/t24-/m0/s1. The highest BCUT2D eigenvalue weighted by molar-refractivity contribution is 6.36. The van der Waals surface area contributed by atoms with Crippen molar-refractivity contribution in [1.82, 2.24) is 14.8 Å². The first-order chi connectivity index (χ1) is 18.5. The number of fused-ring (bicyclic) bond motifs is 1. The van der Waals surface area contributed by atoms with Crippen molar-refractivity contribution in [2.24, 2.45) is 0 Å². The molecule has 3 aliphatic rings. The summed E-state index contributed by atoms with van der Waals surface area (Å²) in [5, 5.41) is 2.95. The summed E-state index contributed by atoms with van der Waals surface area (Å²) in [6, 6.07) is 14.3. The summed E-state index contributed by atoms with van der Waals surface area (Å²) < 4.78 is 14.0. The van der Waals surface area contributed by atoms with Gasteiger partial charge in [-0.15, -0.1) is 0 Å². The Kier molecular flexibility index (Phi) is 6.62. The maximum absolute atomic E-state index is 14.0. The van der Waals surface area contributed by atoms with Gasteiger partial charge in [0.1, 0.15) is 5.82 Å². The van der Waals surface area contributed by atoms with E-state index in [2.05, 4.69) is 20.1 Å². The second-order valence-electron chi connectivity index (χ2n) is 10.7. The number of halogens is 1. The van der Waals surface area contributed by atoms with Crippen molar-refractivity contribution >= 4 is 29.2 Å². The van der Waals surface area contributed by atoms with Gasteiger partial charge in [0.15, 0.2) is 0 Å². The monoisotopic (exact) mass is 512 g/mol. The molecule has 1 atom stereocenters. The van der Waals surface area contributed by atoms with Gasteiger partial charge in [-0.3, -0.25) is 9.59 Å². The van der Waals surface area contributed by atoms with Crippen LogP contribution in [0.3, 0.4) is 0 Å². The molecular formula is C31H33FN4O2. The molecule has 2 fully saturated rings. The minimum absolute atomic E-state index is 0.141. The Hall–Kier alpha value is -3.71. The predicted molar refractivity (Wildman–Crippen MR) is 148 cm³/mol. The molecule has 0 unspecified atom stereocenters. The van der Waals surface area contributed by atoms with Crippen LogP contribution in [0.5, 0.6) is 0 Å². The van der Waals surface area contributed by atoms with Crippen molar-refractivity contribution in [1.29, 1.82) is 0 Å². The van der Waals surface area contributed by atoms with Gasteiger partial charge in [0.25, 0.3) is 5.91 Å². The van der Waals surface area contributed by atoms with Gasteiger partial charge in [-0.1, -0.05) is 24.3 Å². The summed E-state index contributed by atoms with van der Waals surface area (Å²) in [4.78, 5) is 34.5. The van der Waals surface area contributed by atoms with Crippen molar-refractivity contribution in [3.05, 3.63) is 76.9 Å². The van der Waals surface area contributed by atoms with Crippen molar-refractivity contribution in [2.45, 2.75) is 45.1 Å². The Morgan fingerprint density at radius 1 is 1.08 bits per heavy atom. The first kappa shape index (κ1) is 24.6. The minimum Gasteiger partial charge on any atom is -0.359 e. The zero-order chi connectivity index (χ0) is 26.2. The number of hydrogen-bond acceptors (Lipinski definition) is 3. The van der Waals surface area contributed by atoms with Crippen LogP contribution in [-0.4, -0.2) is 58.8 Å². The van der Waals surface area contributed by atoms with Crippen molar-refractivity contribution in [3.63, 3.8) is 0 Å². The van der Waals surface area contributed by atoms with Crippen LogP contribution in [-0.2, 0) is 16.0 Å². The first-order valence-corrected chi connectivity index (χ1v) is 13.6. The number of likely N-dealkylation sites (tertiary alicyclic amines) is 2. The minimum atomic E-state index is -0.325. The second kappa shape index (κ2) is 10.2. The van der Waals surface area contributed by atoms with E-state index in [4.69, 9.17) is 0 Å². The topological polar surface area (TPSA) is 68.4 Å². The molecule has 38 heavy (non-hydrogen) atoms. The lowest BCUT2D eigenvalue weighted by atomic mass is 9.94. The molecule has 2 aromatic carbocycles.